The summed E-state index contributed by atoms with van der Waals surface area (Å²) in [4.78, 5) is 25.6. The molecule has 0 aliphatic heterocycles. The lowest BCUT2D eigenvalue weighted by Gasteiger charge is -2.24. The number of benzene rings is 3. The molecule has 12 heteroatoms. The van der Waals surface area contributed by atoms with Gasteiger partial charge >= 0.3 is 0 Å². The summed E-state index contributed by atoms with van der Waals surface area (Å²) in [6, 6.07) is 11.2. The van der Waals surface area contributed by atoms with Crippen LogP contribution >= 0.6 is 0 Å². The lowest BCUT2D eigenvalue weighted by molar-refractivity contribution is 0.0980. The topological polar surface area (TPSA) is 181 Å². The molecule has 0 amide bonds. The number of anilines is 3. The molecule has 236 valence electrons. The fourth-order valence-corrected chi connectivity index (χ4v) is 6.95. The molecule has 4 rings (SSSR count). The van der Waals surface area contributed by atoms with Crippen LogP contribution in [0.5, 0.6) is 0 Å². The molecule has 5 N–H and O–H groups in total. The molecule has 0 atom stereocenters. The number of carbonyl (C=O) groups excluding carboxylic acids is 2. The molecule has 44 heavy (non-hydrogen) atoms. The van der Waals surface area contributed by atoms with Crippen molar-refractivity contribution in [2.24, 2.45) is 0 Å². The number of nitrogens with one attached hydrogen (secondary N) is 1. The minimum Gasteiger partial charge on any atom is -0.397 e. The third-order valence-corrected chi connectivity index (χ3v) is 9.68. The van der Waals surface area contributed by atoms with Gasteiger partial charge in [0.05, 0.1) is 28.2 Å². The van der Waals surface area contributed by atoms with Crippen molar-refractivity contribution < 1.29 is 35.5 Å². The van der Waals surface area contributed by atoms with Crippen LogP contribution in [0.3, 0.4) is 0 Å². The van der Waals surface area contributed by atoms with Gasteiger partial charge in [-0.1, -0.05) is 95.0 Å². The maximum Gasteiger partial charge on any atom is 0.296 e. The molecule has 1 aliphatic carbocycles. The van der Waals surface area contributed by atoms with E-state index in [0.717, 1.165) is 31.7 Å². The molecule has 3 aromatic rings. The van der Waals surface area contributed by atoms with Crippen molar-refractivity contribution in [2.75, 3.05) is 11.1 Å². The van der Waals surface area contributed by atoms with E-state index in [-0.39, 0.29) is 28.1 Å². The van der Waals surface area contributed by atoms with Crippen LogP contribution in [0.2, 0.25) is 0 Å². The van der Waals surface area contributed by atoms with E-state index in [1.165, 1.54) is 68.9 Å². The summed E-state index contributed by atoms with van der Waals surface area (Å²) in [6.45, 7) is 2.20. The molecule has 0 saturated carbocycles. The molecular formula is C32H38N2O8S2. The quantitative estimate of drug-likeness (QED) is 0.0615. The number of unbranched alkanes of at least 4 members (excludes halogenated alkanes) is 9. The fourth-order valence-electron chi connectivity index (χ4n) is 5.61. The number of rotatable bonds is 15. The first-order chi connectivity index (χ1) is 20.8. The Hall–Kier alpha value is -3.58. The summed E-state index contributed by atoms with van der Waals surface area (Å²) in [6.07, 6.45) is 12.1. The molecular weight excluding hydrogens is 604 g/mol. The van der Waals surface area contributed by atoms with Crippen molar-refractivity contribution in [1.82, 2.24) is 0 Å². The first kappa shape index (κ1) is 33.3. The summed E-state index contributed by atoms with van der Waals surface area (Å²) >= 11 is 0. The Morgan fingerprint density at radius 2 is 1.18 bits per heavy atom. The molecule has 1 aliphatic rings. The van der Waals surface area contributed by atoms with E-state index in [4.69, 9.17) is 5.73 Å². The minimum atomic E-state index is -4.97. The summed E-state index contributed by atoms with van der Waals surface area (Å²) in [7, 11) is -9.74. The molecule has 0 unspecified atom stereocenters. The molecule has 0 radical (unpaired) electrons. The van der Waals surface area contributed by atoms with Gasteiger partial charge in [0.15, 0.2) is 11.6 Å². The van der Waals surface area contributed by atoms with Gasteiger partial charge in [0, 0.05) is 11.1 Å². The second-order valence-corrected chi connectivity index (χ2v) is 13.9. The van der Waals surface area contributed by atoms with Gasteiger partial charge < -0.3 is 11.1 Å². The van der Waals surface area contributed by atoms with E-state index in [9.17, 15) is 35.5 Å². The number of carbonyl (C=O) groups is 2. The van der Waals surface area contributed by atoms with Gasteiger partial charge in [-0.25, -0.2) is 0 Å². The van der Waals surface area contributed by atoms with E-state index in [1.807, 2.05) is 0 Å². The summed E-state index contributed by atoms with van der Waals surface area (Å²) < 4.78 is 69.2. The lowest BCUT2D eigenvalue weighted by atomic mass is 9.82. The molecule has 3 aromatic carbocycles. The SMILES string of the molecule is CCCCCCCCCCCCc1ccc(Nc2cc(S(=O)(=O)O)c(N)c3c2C(=O)c2ccccc2C3=O)c(S(=O)(=O)O)c1. The molecule has 10 nitrogen and oxygen atoms in total. The highest BCUT2D eigenvalue weighted by atomic mass is 32.2. The molecule has 0 spiro atoms. The van der Waals surface area contributed by atoms with Crippen molar-refractivity contribution in [2.45, 2.75) is 87.3 Å². The zero-order chi connectivity index (χ0) is 32.1. The monoisotopic (exact) mass is 642 g/mol. The number of aryl methyl sites for hydroxylation is 1. The van der Waals surface area contributed by atoms with Gasteiger partial charge in [-0.3, -0.25) is 18.7 Å². The summed E-state index contributed by atoms with van der Waals surface area (Å²) in [5, 5.41) is 2.72. The number of fused-ring (bicyclic) bond motifs is 2. The fraction of sp³-hybridized carbons (Fsp3) is 0.375. The Bertz CT molecular complexity index is 1780. The highest BCUT2D eigenvalue weighted by molar-refractivity contribution is 7.86. The maximum atomic E-state index is 13.6. The average Bonchev–Trinajstić information content (AvgIpc) is 2.97. The smallest absolute Gasteiger partial charge is 0.296 e. The van der Waals surface area contributed by atoms with Gasteiger partial charge in [-0.2, -0.15) is 16.8 Å². The van der Waals surface area contributed by atoms with Gasteiger partial charge in [-0.05, 0) is 36.6 Å². The zero-order valence-electron chi connectivity index (χ0n) is 24.6. The number of nitrogen functional groups attached to an aromatic ring is 1. The van der Waals surface area contributed by atoms with Crippen molar-refractivity contribution in [3.05, 3.63) is 76.3 Å². The van der Waals surface area contributed by atoms with E-state index < -0.39 is 52.8 Å². The molecule has 0 aromatic heterocycles. The van der Waals surface area contributed by atoms with Crippen molar-refractivity contribution in [1.29, 1.82) is 0 Å². The maximum absolute atomic E-state index is 13.6. The highest BCUT2D eigenvalue weighted by Crippen LogP contribution is 2.41. The normalized spacial score (nSPS) is 13.1. The molecule has 0 bridgehead atoms. The Morgan fingerprint density at radius 1 is 0.659 bits per heavy atom. The van der Waals surface area contributed by atoms with E-state index in [0.29, 0.717) is 12.0 Å². The Kier molecular flexibility index (Phi) is 10.6. The number of hydrogen-bond acceptors (Lipinski definition) is 8. The Labute approximate surface area is 258 Å². The first-order valence-corrected chi connectivity index (χ1v) is 17.7. The predicted octanol–water partition coefficient (Wildman–Crippen LogP) is 6.74. The van der Waals surface area contributed by atoms with Gasteiger partial charge in [0.1, 0.15) is 9.79 Å². The zero-order valence-corrected chi connectivity index (χ0v) is 26.3. The highest BCUT2D eigenvalue weighted by Gasteiger charge is 2.36. The van der Waals surface area contributed by atoms with E-state index in [2.05, 4.69) is 12.2 Å². The summed E-state index contributed by atoms with van der Waals surface area (Å²) in [5.74, 6) is -1.39. The van der Waals surface area contributed by atoms with Crippen molar-refractivity contribution >= 4 is 48.9 Å². The van der Waals surface area contributed by atoms with Gasteiger partial charge in [0.2, 0.25) is 0 Å². The van der Waals surface area contributed by atoms with Gasteiger partial charge in [0.25, 0.3) is 20.2 Å². The van der Waals surface area contributed by atoms with Crippen molar-refractivity contribution in [3.8, 4) is 0 Å². The number of nitrogens with two attached hydrogens (primary N) is 1. The molecule has 0 heterocycles. The largest absolute Gasteiger partial charge is 0.397 e. The predicted molar refractivity (Wildman–Crippen MR) is 169 cm³/mol. The lowest BCUT2D eigenvalue weighted by Crippen LogP contribution is -2.25. The minimum absolute atomic E-state index is 0.00471. The third kappa shape index (κ3) is 7.55. The van der Waals surface area contributed by atoms with Crippen LogP contribution in [-0.4, -0.2) is 37.5 Å². The van der Waals surface area contributed by atoms with Crippen LogP contribution in [0.1, 0.15) is 109 Å². The second-order valence-electron chi connectivity index (χ2n) is 11.1. The second kappa shape index (κ2) is 14.0. The van der Waals surface area contributed by atoms with Crippen molar-refractivity contribution in [3.63, 3.8) is 0 Å². The van der Waals surface area contributed by atoms with Crippen LogP contribution < -0.4 is 11.1 Å². The van der Waals surface area contributed by atoms with Crippen LogP contribution in [0, 0.1) is 0 Å². The van der Waals surface area contributed by atoms with Crippen LogP contribution in [0.25, 0.3) is 0 Å². The number of ketones is 2. The first-order valence-electron chi connectivity index (χ1n) is 14.8. The van der Waals surface area contributed by atoms with E-state index in [1.54, 1.807) is 12.1 Å². The number of hydrogen-bond donors (Lipinski definition) is 4. The average molecular weight is 643 g/mol. The molecule has 0 saturated heterocycles. The third-order valence-electron chi connectivity index (χ3n) is 7.89. The Morgan fingerprint density at radius 3 is 1.73 bits per heavy atom. The van der Waals surface area contributed by atoms with Crippen LogP contribution in [0.15, 0.2) is 58.3 Å². The Balaban J connectivity index is 1.60. The van der Waals surface area contributed by atoms with E-state index >= 15 is 0 Å². The standard InChI is InChI=1S/C32H38N2O8S2/c1-2-3-4-5-6-7-8-9-10-11-14-21-17-18-24(26(19-21)43(37,38)39)34-25-20-27(44(40,41)42)30(33)29-28(25)31(35)22-15-12-13-16-23(22)32(29)36/h12-13,15-20,34H,2-11,14,33H2,1H3,(H,37,38,39)(H,40,41,42). The van der Waals surface area contributed by atoms with Gasteiger partial charge in [-0.15, -0.1) is 0 Å². The summed E-state index contributed by atoms with van der Waals surface area (Å²) in [5.41, 5.74) is 4.98. The van der Waals surface area contributed by atoms with Crippen LogP contribution in [0.4, 0.5) is 17.1 Å². The molecule has 0 fully saturated rings. The van der Waals surface area contributed by atoms with Crippen LogP contribution in [-0.2, 0) is 26.7 Å².